The van der Waals surface area contributed by atoms with Crippen LogP contribution in [-0.2, 0) is 9.59 Å². The Hall–Kier alpha value is -2.21. The van der Waals surface area contributed by atoms with Crippen molar-refractivity contribution in [2.45, 2.75) is 39.5 Å². The second-order valence-corrected chi connectivity index (χ2v) is 7.81. The molecule has 1 aromatic carbocycles. The predicted octanol–water partition coefficient (Wildman–Crippen LogP) is 4.10. The van der Waals surface area contributed by atoms with Crippen molar-refractivity contribution in [3.8, 4) is 11.3 Å². The maximum absolute atomic E-state index is 12.6. The van der Waals surface area contributed by atoms with Gasteiger partial charge in [0.25, 0.3) is 0 Å². The van der Waals surface area contributed by atoms with Gasteiger partial charge < -0.3 is 10.2 Å². The molecule has 0 spiro atoms. The fourth-order valence-electron chi connectivity index (χ4n) is 3.25. The highest BCUT2D eigenvalue weighted by Crippen LogP contribution is 2.24. The lowest BCUT2D eigenvalue weighted by Crippen LogP contribution is -2.43. The summed E-state index contributed by atoms with van der Waals surface area (Å²) in [6.07, 6.45) is 3.12. The minimum Gasteiger partial charge on any atom is -0.342 e. The monoisotopic (exact) mass is 371 g/mol. The number of thiazole rings is 1. The zero-order valence-electron chi connectivity index (χ0n) is 15.3. The van der Waals surface area contributed by atoms with E-state index in [0.717, 1.165) is 47.8 Å². The van der Waals surface area contributed by atoms with Crippen LogP contribution in [0.25, 0.3) is 11.3 Å². The van der Waals surface area contributed by atoms with E-state index in [9.17, 15) is 9.59 Å². The molecule has 1 fully saturated rings. The van der Waals surface area contributed by atoms with E-state index < -0.39 is 0 Å². The Bertz CT molecular complexity index is 770. The number of aryl methyl sites for hydroxylation is 1. The zero-order valence-corrected chi connectivity index (χ0v) is 16.1. The average Bonchev–Trinajstić information content (AvgIpc) is 3.09. The zero-order chi connectivity index (χ0) is 18.5. The molecular weight excluding hydrogens is 346 g/mol. The number of hydrogen-bond acceptors (Lipinski definition) is 4. The molecule has 1 aliphatic heterocycles. The molecule has 3 rings (SSSR count). The molecule has 5 nitrogen and oxygen atoms in total. The van der Waals surface area contributed by atoms with Crippen molar-refractivity contribution in [2.24, 2.45) is 5.92 Å². The van der Waals surface area contributed by atoms with Crippen LogP contribution >= 0.6 is 11.3 Å². The minimum atomic E-state index is -0.134. The van der Waals surface area contributed by atoms with Crippen LogP contribution in [0.4, 0.5) is 5.69 Å². The van der Waals surface area contributed by atoms with Gasteiger partial charge in [0.05, 0.1) is 16.6 Å². The fourth-order valence-corrected chi connectivity index (χ4v) is 3.88. The number of nitrogens with one attached hydrogen (secondary N) is 1. The van der Waals surface area contributed by atoms with Crippen LogP contribution in [0.1, 0.15) is 37.6 Å². The highest BCUT2D eigenvalue weighted by atomic mass is 32.1. The Morgan fingerprint density at radius 2 is 2.08 bits per heavy atom. The van der Waals surface area contributed by atoms with Crippen LogP contribution in [0, 0.1) is 12.8 Å². The van der Waals surface area contributed by atoms with Gasteiger partial charge in [0.15, 0.2) is 0 Å². The van der Waals surface area contributed by atoms with Crippen molar-refractivity contribution >= 4 is 28.8 Å². The average molecular weight is 372 g/mol. The quantitative estimate of drug-likeness (QED) is 0.861. The van der Waals surface area contributed by atoms with Gasteiger partial charge in [0, 0.05) is 36.1 Å². The number of aromatic nitrogens is 1. The van der Waals surface area contributed by atoms with Crippen molar-refractivity contribution in [1.29, 1.82) is 0 Å². The lowest BCUT2D eigenvalue weighted by atomic mass is 9.96. The van der Waals surface area contributed by atoms with Gasteiger partial charge in [-0.05, 0) is 38.3 Å². The summed E-state index contributed by atoms with van der Waals surface area (Å²) in [5.74, 6) is 0.0228. The predicted molar refractivity (Wildman–Crippen MR) is 105 cm³/mol. The summed E-state index contributed by atoms with van der Waals surface area (Å²) in [6.45, 7) is 5.29. The Labute approximate surface area is 158 Å². The maximum Gasteiger partial charge on any atom is 0.229 e. The summed E-state index contributed by atoms with van der Waals surface area (Å²) in [5, 5.41) is 6.07. The lowest BCUT2D eigenvalue weighted by molar-refractivity contribution is -0.134. The topological polar surface area (TPSA) is 62.3 Å². The molecule has 0 radical (unpaired) electrons. The number of anilines is 1. The number of likely N-dealkylation sites (tertiary alicyclic amines) is 1. The van der Waals surface area contributed by atoms with E-state index in [1.807, 2.05) is 48.4 Å². The van der Waals surface area contributed by atoms with Gasteiger partial charge in [0.2, 0.25) is 11.8 Å². The van der Waals surface area contributed by atoms with Crippen molar-refractivity contribution < 1.29 is 9.59 Å². The van der Waals surface area contributed by atoms with Gasteiger partial charge in [-0.15, -0.1) is 11.3 Å². The summed E-state index contributed by atoms with van der Waals surface area (Å²) >= 11 is 1.63. The second-order valence-electron chi connectivity index (χ2n) is 6.75. The van der Waals surface area contributed by atoms with Crippen LogP contribution in [0.2, 0.25) is 0 Å². The van der Waals surface area contributed by atoms with Crippen LogP contribution in [0.5, 0.6) is 0 Å². The first-order valence-corrected chi connectivity index (χ1v) is 10.1. The molecule has 138 valence electrons. The number of hydrogen-bond donors (Lipinski definition) is 1. The third kappa shape index (κ3) is 4.49. The van der Waals surface area contributed by atoms with Gasteiger partial charge >= 0.3 is 0 Å². The number of piperidine rings is 1. The molecular formula is C20H25N3O2S. The van der Waals surface area contributed by atoms with E-state index in [4.69, 9.17) is 0 Å². The molecule has 0 saturated carbocycles. The Morgan fingerprint density at radius 3 is 2.73 bits per heavy atom. The van der Waals surface area contributed by atoms with Crippen molar-refractivity contribution in [2.75, 3.05) is 18.4 Å². The molecule has 1 N–H and O–H groups in total. The number of rotatable bonds is 5. The van der Waals surface area contributed by atoms with E-state index in [2.05, 4.69) is 10.3 Å². The van der Waals surface area contributed by atoms with Gasteiger partial charge in [-0.3, -0.25) is 9.59 Å². The number of amides is 2. The molecule has 6 heteroatoms. The van der Waals surface area contributed by atoms with Crippen molar-refractivity contribution in [1.82, 2.24) is 9.88 Å². The van der Waals surface area contributed by atoms with Gasteiger partial charge in [-0.2, -0.15) is 0 Å². The molecule has 0 aliphatic carbocycles. The number of benzene rings is 1. The molecule has 2 heterocycles. The number of nitrogens with zero attached hydrogens (tertiary/aromatic N) is 2. The highest BCUT2D eigenvalue weighted by Gasteiger charge is 2.28. The molecule has 0 bridgehead atoms. The first-order valence-electron chi connectivity index (χ1n) is 9.18. The van der Waals surface area contributed by atoms with Gasteiger partial charge in [0.1, 0.15) is 0 Å². The third-order valence-corrected chi connectivity index (χ3v) is 5.45. The van der Waals surface area contributed by atoms with E-state index in [-0.39, 0.29) is 17.7 Å². The second kappa shape index (κ2) is 8.45. The third-order valence-electron chi connectivity index (χ3n) is 4.68. The van der Waals surface area contributed by atoms with Crippen LogP contribution in [0.15, 0.2) is 29.6 Å². The summed E-state index contributed by atoms with van der Waals surface area (Å²) < 4.78 is 0. The van der Waals surface area contributed by atoms with Crippen molar-refractivity contribution in [3.05, 3.63) is 34.7 Å². The highest BCUT2D eigenvalue weighted by molar-refractivity contribution is 7.09. The number of carbonyl (C=O) groups excluding carboxylic acids is 2. The van der Waals surface area contributed by atoms with Crippen LogP contribution in [0.3, 0.4) is 0 Å². The Balaban J connectivity index is 1.59. The van der Waals surface area contributed by atoms with Gasteiger partial charge in [-0.25, -0.2) is 4.98 Å². The van der Waals surface area contributed by atoms with E-state index >= 15 is 0 Å². The summed E-state index contributed by atoms with van der Waals surface area (Å²) in [4.78, 5) is 31.0. The maximum atomic E-state index is 12.6. The van der Waals surface area contributed by atoms with E-state index in [0.29, 0.717) is 13.0 Å². The number of carbonyl (C=O) groups is 2. The lowest BCUT2D eigenvalue weighted by Gasteiger charge is -2.32. The van der Waals surface area contributed by atoms with E-state index in [1.54, 1.807) is 11.3 Å². The molecule has 1 aromatic heterocycles. The molecule has 2 amide bonds. The van der Waals surface area contributed by atoms with Crippen LogP contribution in [-0.4, -0.2) is 34.8 Å². The minimum absolute atomic E-state index is 0.00347. The van der Waals surface area contributed by atoms with Gasteiger partial charge in [-0.1, -0.05) is 19.1 Å². The first kappa shape index (κ1) is 18.6. The molecule has 1 saturated heterocycles. The Morgan fingerprint density at radius 1 is 1.31 bits per heavy atom. The smallest absolute Gasteiger partial charge is 0.229 e. The Kier molecular flexibility index (Phi) is 6.04. The first-order chi connectivity index (χ1) is 12.6. The van der Waals surface area contributed by atoms with Crippen molar-refractivity contribution in [3.63, 3.8) is 0 Å². The summed E-state index contributed by atoms with van der Waals surface area (Å²) in [5.41, 5.74) is 2.78. The SMILES string of the molecule is CCCC(=O)N1CCCC(C(=O)Nc2ccc(-c3csc(C)n3)cc2)C1. The summed E-state index contributed by atoms with van der Waals surface area (Å²) in [7, 11) is 0. The fraction of sp³-hybridized carbons (Fsp3) is 0.450. The normalized spacial score (nSPS) is 17.2. The summed E-state index contributed by atoms with van der Waals surface area (Å²) in [6, 6.07) is 7.76. The molecule has 1 aliphatic rings. The molecule has 1 atom stereocenters. The molecule has 2 aromatic rings. The standard InChI is InChI=1S/C20H25N3O2S/c1-3-5-19(24)23-11-4-6-16(12-23)20(25)22-17-9-7-15(8-10-17)18-13-26-14(2)21-18/h7-10,13,16H,3-6,11-12H2,1-2H3,(H,22,25). The molecule has 1 unspecified atom stereocenters. The van der Waals surface area contributed by atoms with E-state index in [1.165, 1.54) is 0 Å². The molecule has 26 heavy (non-hydrogen) atoms. The van der Waals surface area contributed by atoms with Crippen LogP contribution < -0.4 is 5.32 Å². The largest absolute Gasteiger partial charge is 0.342 e.